The van der Waals surface area contributed by atoms with E-state index in [1.165, 1.54) is 23.4 Å². The van der Waals surface area contributed by atoms with E-state index >= 15 is 0 Å². The molecule has 3 aromatic rings. The van der Waals surface area contributed by atoms with E-state index in [4.69, 9.17) is 23.2 Å². The monoisotopic (exact) mass is 454 g/mol. The van der Waals surface area contributed by atoms with Gasteiger partial charge in [-0.2, -0.15) is 10.1 Å². The van der Waals surface area contributed by atoms with Gasteiger partial charge >= 0.3 is 0 Å². The average Bonchev–Trinajstić information content (AvgIpc) is 2.76. The fourth-order valence-corrected chi connectivity index (χ4v) is 3.79. The van der Waals surface area contributed by atoms with Crippen molar-refractivity contribution < 1.29 is 9.72 Å². The SMILES string of the molecule is CC1(c2cccc([N+](=O)[O-])c2)Nc2ccccc2C(=O)N1/N=C/c1cccc(Cl)c1Cl. The molecule has 4 rings (SSSR count). The largest absolute Gasteiger partial charge is 0.357 e. The van der Waals surface area contributed by atoms with Crippen LogP contribution in [0.1, 0.15) is 28.4 Å². The first-order valence-corrected chi connectivity index (χ1v) is 10.0. The van der Waals surface area contributed by atoms with Gasteiger partial charge in [-0.15, -0.1) is 0 Å². The Hall–Kier alpha value is -3.42. The van der Waals surface area contributed by atoms with Crippen molar-refractivity contribution >= 4 is 46.7 Å². The van der Waals surface area contributed by atoms with Crippen molar-refractivity contribution in [1.29, 1.82) is 0 Å². The van der Waals surface area contributed by atoms with Crippen molar-refractivity contribution in [2.75, 3.05) is 5.32 Å². The third-order valence-corrected chi connectivity index (χ3v) is 5.90. The van der Waals surface area contributed by atoms with Gasteiger partial charge in [-0.25, -0.2) is 0 Å². The molecule has 1 aliphatic heterocycles. The van der Waals surface area contributed by atoms with E-state index in [9.17, 15) is 14.9 Å². The quantitative estimate of drug-likeness (QED) is 0.312. The minimum absolute atomic E-state index is 0.0892. The van der Waals surface area contributed by atoms with Crippen LogP contribution < -0.4 is 5.32 Å². The predicted octanol–water partition coefficient (Wildman–Crippen LogP) is 5.68. The summed E-state index contributed by atoms with van der Waals surface area (Å²) in [5.41, 5.74) is 0.780. The predicted molar refractivity (Wildman–Crippen MR) is 121 cm³/mol. The van der Waals surface area contributed by atoms with Crippen LogP contribution >= 0.6 is 23.2 Å². The van der Waals surface area contributed by atoms with E-state index in [0.717, 1.165) is 0 Å². The maximum absolute atomic E-state index is 13.4. The molecule has 0 saturated heterocycles. The Morgan fingerprint density at radius 1 is 1.10 bits per heavy atom. The van der Waals surface area contributed by atoms with Crippen LogP contribution in [0.4, 0.5) is 11.4 Å². The number of benzene rings is 3. The van der Waals surface area contributed by atoms with E-state index in [2.05, 4.69) is 10.4 Å². The molecule has 1 amide bonds. The van der Waals surface area contributed by atoms with Crippen LogP contribution in [0, 0.1) is 10.1 Å². The fraction of sp³-hybridized carbons (Fsp3) is 0.0909. The number of amides is 1. The first-order valence-electron chi connectivity index (χ1n) is 9.26. The summed E-state index contributed by atoms with van der Waals surface area (Å²) in [7, 11) is 0. The normalized spacial score (nSPS) is 18.0. The number of halogens is 2. The van der Waals surface area contributed by atoms with Crippen LogP contribution in [0.25, 0.3) is 0 Å². The summed E-state index contributed by atoms with van der Waals surface area (Å²) < 4.78 is 0. The van der Waals surface area contributed by atoms with Gasteiger partial charge in [0.15, 0.2) is 5.66 Å². The second-order valence-corrected chi connectivity index (χ2v) is 7.84. The van der Waals surface area contributed by atoms with Gasteiger partial charge in [0, 0.05) is 28.9 Å². The number of nitro groups is 1. The number of carbonyl (C=O) groups excluding carboxylic acids is 1. The van der Waals surface area contributed by atoms with Crippen LogP contribution in [-0.2, 0) is 5.66 Å². The highest BCUT2D eigenvalue weighted by molar-refractivity contribution is 6.43. The number of nitrogens with zero attached hydrogens (tertiary/aromatic N) is 3. The van der Waals surface area contributed by atoms with Crippen LogP contribution in [0.15, 0.2) is 71.8 Å². The zero-order chi connectivity index (χ0) is 22.2. The molecule has 1 atom stereocenters. The van der Waals surface area contributed by atoms with Crippen molar-refractivity contribution in [3.8, 4) is 0 Å². The number of hydrazone groups is 1. The number of nitro benzene ring substituents is 1. The molecular weight excluding hydrogens is 439 g/mol. The molecule has 31 heavy (non-hydrogen) atoms. The molecule has 0 aliphatic carbocycles. The first-order chi connectivity index (χ1) is 14.8. The molecule has 0 fully saturated rings. The minimum atomic E-state index is -1.20. The van der Waals surface area contributed by atoms with Gasteiger partial charge < -0.3 is 5.32 Å². The highest BCUT2D eigenvalue weighted by atomic mass is 35.5. The lowest BCUT2D eigenvalue weighted by atomic mass is 9.95. The number of hydrogen-bond donors (Lipinski definition) is 1. The molecular formula is C22H16Cl2N4O3. The Bertz CT molecular complexity index is 1230. The molecule has 7 nitrogen and oxygen atoms in total. The number of anilines is 1. The lowest BCUT2D eigenvalue weighted by Crippen LogP contribution is -2.53. The van der Waals surface area contributed by atoms with E-state index < -0.39 is 10.6 Å². The van der Waals surface area contributed by atoms with Crippen molar-refractivity contribution in [2.45, 2.75) is 12.6 Å². The van der Waals surface area contributed by atoms with Gasteiger partial charge in [-0.05, 0) is 25.1 Å². The Kier molecular flexibility index (Phi) is 5.39. The standard InChI is InChI=1S/C22H16Cl2N4O3/c1-22(15-7-5-8-16(12-15)28(30)31)26-19-11-3-2-9-17(19)21(29)27(22)25-13-14-6-4-10-18(23)20(14)24/h2-13,26H,1H3/b25-13+. The third-order valence-electron chi connectivity index (χ3n) is 5.06. The summed E-state index contributed by atoms with van der Waals surface area (Å²) in [6.07, 6.45) is 1.44. The van der Waals surface area contributed by atoms with Gasteiger partial charge in [-0.1, -0.05) is 59.6 Å². The second-order valence-electron chi connectivity index (χ2n) is 7.05. The summed E-state index contributed by atoms with van der Waals surface area (Å²) in [6.45, 7) is 1.73. The van der Waals surface area contributed by atoms with Gasteiger partial charge in [0.25, 0.3) is 11.6 Å². The molecule has 0 radical (unpaired) electrons. The number of carbonyl (C=O) groups is 1. The van der Waals surface area contributed by atoms with Crippen LogP contribution in [-0.4, -0.2) is 22.1 Å². The second kappa shape index (κ2) is 8.02. The fourth-order valence-electron chi connectivity index (χ4n) is 3.44. The summed E-state index contributed by atoms with van der Waals surface area (Å²) in [5, 5.41) is 21.0. The molecule has 9 heteroatoms. The molecule has 0 bridgehead atoms. The number of rotatable bonds is 4. The van der Waals surface area contributed by atoms with Crippen LogP contribution in [0.5, 0.6) is 0 Å². The lowest BCUT2D eigenvalue weighted by Gasteiger charge is -2.43. The maximum atomic E-state index is 13.4. The summed E-state index contributed by atoms with van der Waals surface area (Å²) in [6, 6.07) is 18.2. The maximum Gasteiger partial charge on any atom is 0.278 e. The number of fused-ring (bicyclic) bond motifs is 1. The molecule has 3 aromatic carbocycles. The Morgan fingerprint density at radius 3 is 2.61 bits per heavy atom. The summed E-state index contributed by atoms with van der Waals surface area (Å²) in [5.74, 6) is -0.363. The van der Waals surface area contributed by atoms with Gasteiger partial charge in [0.1, 0.15) is 0 Å². The third kappa shape index (κ3) is 3.73. The van der Waals surface area contributed by atoms with E-state index in [1.807, 2.05) is 0 Å². The Morgan fingerprint density at radius 2 is 1.84 bits per heavy atom. The zero-order valence-corrected chi connectivity index (χ0v) is 17.8. The lowest BCUT2D eigenvalue weighted by molar-refractivity contribution is -0.385. The first kappa shape index (κ1) is 20.8. The van der Waals surface area contributed by atoms with E-state index in [0.29, 0.717) is 32.4 Å². The van der Waals surface area contributed by atoms with Gasteiger partial charge in [-0.3, -0.25) is 14.9 Å². The zero-order valence-electron chi connectivity index (χ0n) is 16.3. The number of non-ortho nitro benzene ring substituents is 1. The van der Waals surface area contributed by atoms with Gasteiger partial charge in [0.2, 0.25) is 0 Å². The average molecular weight is 455 g/mol. The van der Waals surface area contributed by atoms with Crippen molar-refractivity contribution in [3.05, 3.63) is 104 Å². The molecule has 1 aliphatic rings. The van der Waals surface area contributed by atoms with Crippen molar-refractivity contribution in [1.82, 2.24) is 5.01 Å². The highest BCUT2D eigenvalue weighted by Gasteiger charge is 2.43. The summed E-state index contributed by atoms with van der Waals surface area (Å²) >= 11 is 12.3. The van der Waals surface area contributed by atoms with E-state index in [-0.39, 0.29) is 11.6 Å². The minimum Gasteiger partial charge on any atom is -0.357 e. The smallest absolute Gasteiger partial charge is 0.278 e. The Balaban J connectivity index is 1.85. The van der Waals surface area contributed by atoms with Crippen LogP contribution in [0.2, 0.25) is 10.0 Å². The van der Waals surface area contributed by atoms with Crippen molar-refractivity contribution in [3.63, 3.8) is 0 Å². The molecule has 1 N–H and O–H groups in total. The molecule has 1 unspecified atom stereocenters. The Labute approximate surface area is 188 Å². The molecule has 1 heterocycles. The number of hydrogen-bond acceptors (Lipinski definition) is 5. The number of para-hydroxylation sites is 1. The molecule has 0 aromatic heterocycles. The topological polar surface area (TPSA) is 87.8 Å². The highest BCUT2D eigenvalue weighted by Crippen LogP contribution is 2.39. The molecule has 156 valence electrons. The number of nitrogens with one attached hydrogen (secondary N) is 1. The summed E-state index contributed by atoms with van der Waals surface area (Å²) in [4.78, 5) is 24.2. The molecule has 0 saturated carbocycles. The van der Waals surface area contributed by atoms with Crippen LogP contribution in [0.3, 0.4) is 0 Å². The molecule has 0 spiro atoms. The van der Waals surface area contributed by atoms with E-state index in [1.54, 1.807) is 61.5 Å². The van der Waals surface area contributed by atoms with Gasteiger partial charge in [0.05, 0.1) is 26.7 Å². The van der Waals surface area contributed by atoms with Crippen molar-refractivity contribution in [2.24, 2.45) is 5.10 Å².